The Morgan fingerprint density at radius 2 is 2.47 bits per heavy atom. The highest BCUT2D eigenvalue weighted by Gasteiger charge is 2.21. The first kappa shape index (κ1) is 10.8. The minimum absolute atomic E-state index is 0.320. The minimum atomic E-state index is 0.320. The number of hydrogen-bond acceptors (Lipinski definition) is 4. The van der Waals surface area contributed by atoms with E-state index in [1.165, 1.54) is 0 Å². The molecule has 1 aliphatic rings. The Hall–Kier alpha value is -0.680. The number of anilines is 1. The van der Waals surface area contributed by atoms with Gasteiger partial charge < -0.3 is 9.64 Å². The molecule has 1 aromatic rings. The van der Waals surface area contributed by atoms with Crippen molar-refractivity contribution in [1.29, 1.82) is 0 Å². The quantitative estimate of drug-likeness (QED) is 0.823. The largest absolute Gasteiger partial charge is 0.380 e. The summed E-state index contributed by atoms with van der Waals surface area (Å²) in [5.74, 6) is 0.965. The predicted molar refractivity (Wildman–Crippen MR) is 62.0 cm³/mol. The van der Waals surface area contributed by atoms with Crippen LogP contribution in [0.3, 0.4) is 0 Å². The number of nitrogens with zero attached hydrogens (tertiary/aromatic N) is 3. The molecule has 82 valence electrons. The number of rotatable bonds is 2. The third-order valence-corrected chi connectivity index (χ3v) is 3.22. The van der Waals surface area contributed by atoms with Crippen molar-refractivity contribution in [3.05, 3.63) is 17.0 Å². The monoisotopic (exact) mass is 271 g/mol. The fourth-order valence-electron chi connectivity index (χ4n) is 1.86. The maximum absolute atomic E-state index is 5.38. The van der Waals surface area contributed by atoms with E-state index in [0.29, 0.717) is 6.10 Å². The van der Waals surface area contributed by atoms with Crippen molar-refractivity contribution >= 4 is 21.7 Å². The zero-order chi connectivity index (χ0) is 10.7. The summed E-state index contributed by atoms with van der Waals surface area (Å²) in [6, 6.07) is 0. The molecule has 0 N–H and O–H groups in total. The smallest absolute Gasteiger partial charge is 0.146 e. The molecule has 0 spiro atoms. The van der Waals surface area contributed by atoms with E-state index in [9.17, 15) is 0 Å². The summed E-state index contributed by atoms with van der Waals surface area (Å²) >= 11 is 3.47. The Morgan fingerprint density at radius 3 is 3.20 bits per heavy atom. The first-order chi connectivity index (χ1) is 7.31. The van der Waals surface area contributed by atoms with Crippen molar-refractivity contribution in [3.8, 4) is 0 Å². The van der Waals surface area contributed by atoms with E-state index < -0.39 is 0 Å². The lowest BCUT2D eigenvalue weighted by Crippen LogP contribution is -2.39. The molecule has 0 bridgehead atoms. The lowest BCUT2D eigenvalue weighted by molar-refractivity contribution is 0.0891. The Labute approximate surface area is 97.8 Å². The molecule has 2 heterocycles. The van der Waals surface area contributed by atoms with Gasteiger partial charge in [-0.1, -0.05) is 0 Å². The van der Waals surface area contributed by atoms with Crippen LogP contribution in [-0.2, 0) is 4.74 Å². The molecule has 1 saturated heterocycles. The summed E-state index contributed by atoms with van der Waals surface area (Å²) in [6.07, 6.45) is 5.96. The molecule has 4 nitrogen and oxygen atoms in total. The summed E-state index contributed by atoms with van der Waals surface area (Å²) in [5.41, 5.74) is 0. The first-order valence-corrected chi connectivity index (χ1v) is 5.84. The van der Waals surface area contributed by atoms with Crippen LogP contribution < -0.4 is 4.90 Å². The molecule has 0 aromatic carbocycles. The first-order valence-electron chi connectivity index (χ1n) is 5.04. The molecule has 1 aromatic heterocycles. The van der Waals surface area contributed by atoms with Gasteiger partial charge in [-0.05, 0) is 28.8 Å². The van der Waals surface area contributed by atoms with Crippen molar-refractivity contribution in [2.75, 3.05) is 25.1 Å². The van der Waals surface area contributed by atoms with Crippen LogP contribution >= 0.6 is 15.9 Å². The van der Waals surface area contributed by atoms with Gasteiger partial charge in [0.2, 0.25) is 0 Å². The molecule has 0 amide bonds. The molecular formula is C10H14BrN3O. The zero-order valence-electron chi connectivity index (χ0n) is 8.69. The van der Waals surface area contributed by atoms with Gasteiger partial charge in [-0.3, -0.25) is 0 Å². The average Bonchev–Trinajstić information content (AvgIpc) is 2.30. The van der Waals surface area contributed by atoms with Crippen LogP contribution in [0.15, 0.2) is 17.0 Å². The highest BCUT2D eigenvalue weighted by molar-refractivity contribution is 9.10. The Morgan fingerprint density at radius 1 is 1.60 bits per heavy atom. The van der Waals surface area contributed by atoms with Crippen LogP contribution in [0.2, 0.25) is 0 Å². The molecule has 5 heteroatoms. The van der Waals surface area contributed by atoms with Gasteiger partial charge in [-0.15, -0.1) is 0 Å². The molecule has 0 aliphatic carbocycles. The van der Waals surface area contributed by atoms with Gasteiger partial charge >= 0.3 is 0 Å². The van der Waals surface area contributed by atoms with Gasteiger partial charge in [0.05, 0.1) is 10.6 Å². The van der Waals surface area contributed by atoms with Gasteiger partial charge in [-0.2, -0.15) is 0 Å². The van der Waals surface area contributed by atoms with E-state index in [4.69, 9.17) is 4.74 Å². The van der Waals surface area contributed by atoms with Crippen molar-refractivity contribution in [2.45, 2.75) is 18.9 Å². The van der Waals surface area contributed by atoms with E-state index >= 15 is 0 Å². The number of methoxy groups -OCH3 is 1. The molecule has 15 heavy (non-hydrogen) atoms. The topological polar surface area (TPSA) is 38.2 Å². The second-order valence-corrected chi connectivity index (χ2v) is 4.49. The van der Waals surface area contributed by atoms with Crippen molar-refractivity contribution < 1.29 is 4.74 Å². The fraction of sp³-hybridized carbons (Fsp3) is 0.600. The van der Waals surface area contributed by atoms with Gasteiger partial charge in [-0.25, -0.2) is 9.97 Å². The van der Waals surface area contributed by atoms with Crippen LogP contribution in [0.5, 0.6) is 0 Å². The normalized spacial score (nSPS) is 21.7. The van der Waals surface area contributed by atoms with E-state index in [1.807, 2.05) is 0 Å². The summed E-state index contributed by atoms with van der Waals surface area (Å²) < 4.78 is 6.33. The SMILES string of the molecule is COC1CCCN(c2ncncc2Br)C1. The summed E-state index contributed by atoms with van der Waals surface area (Å²) in [5, 5.41) is 0. The van der Waals surface area contributed by atoms with Crippen molar-refractivity contribution in [2.24, 2.45) is 0 Å². The lowest BCUT2D eigenvalue weighted by atomic mass is 10.1. The zero-order valence-corrected chi connectivity index (χ0v) is 10.3. The van der Waals surface area contributed by atoms with E-state index in [0.717, 1.165) is 36.2 Å². The molecule has 0 saturated carbocycles. The van der Waals surface area contributed by atoms with Crippen LogP contribution in [-0.4, -0.2) is 36.3 Å². The van der Waals surface area contributed by atoms with Crippen LogP contribution in [0.1, 0.15) is 12.8 Å². The number of piperidine rings is 1. The predicted octanol–water partition coefficient (Wildman–Crippen LogP) is 1.85. The Kier molecular flexibility index (Phi) is 3.53. The van der Waals surface area contributed by atoms with Crippen LogP contribution in [0.25, 0.3) is 0 Å². The fourth-order valence-corrected chi connectivity index (χ4v) is 2.33. The number of hydrogen-bond donors (Lipinski definition) is 0. The maximum atomic E-state index is 5.38. The second-order valence-electron chi connectivity index (χ2n) is 3.64. The lowest BCUT2D eigenvalue weighted by Gasteiger charge is -2.33. The molecule has 0 radical (unpaired) electrons. The van der Waals surface area contributed by atoms with Gasteiger partial charge in [0, 0.05) is 26.4 Å². The van der Waals surface area contributed by atoms with Gasteiger partial charge in [0.15, 0.2) is 0 Å². The molecule has 1 atom stereocenters. The Bertz CT molecular complexity index is 334. The van der Waals surface area contributed by atoms with Crippen molar-refractivity contribution in [3.63, 3.8) is 0 Å². The Balaban J connectivity index is 2.13. The highest BCUT2D eigenvalue weighted by Crippen LogP contribution is 2.25. The molecule has 1 aliphatic heterocycles. The van der Waals surface area contributed by atoms with E-state index in [2.05, 4.69) is 30.8 Å². The number of halogens is 1. The van der Waals surface area contributed by atoms with Gasteiger partial charge in [0.25, 0.3) is 0 Å². The molecular weight excluding hydrogens is 258 g/mol. The summed E-state index contributed by atoms with van der Waals surface area (Å²) in [4.78, 5) is 10.5. The second kappa shape index (κ2) is 4.90. The summed E-state index contributed by atoms with van der Waals surface area (Å²) in [6.45, 7) is 1.95. The van der Waals surface area contributed by atoms with Crippen LogP contribution in [0.4, 0.5) is 5.82 Å². The highest BCUT2D eigenvalue weighted by atomic mass is 79.9. The van der Waals surface area contributed by atoms with Crippen LogP contribution in [0, 0.1) is 0 Å². The maximum Gasteiger partial charge on any atom is 0.146 e. The van der Waals surface area contributed by atoms with Gasteiger partial charge in [0.1, 0.15) is 12.1 Å². The molecule has 1 fully saturated rings. The average molecular weight is 272 g/mol. The van der Waals surface area contributed by atoms with E-state index in [-0.39, 0.29) is 0 Å². The summed E-state index contributed by atoms with van der Waals surface area (Å²) in [7, 11) is 1.77. The molecule has 1 unspecified atom stereocenters. The van der Waals surface area contributed by atoms with E-state index in [1.54, 1.807) is 19.6 Å². The third kappa shape index (κ3) is 2.46. The third-order valence-electron chi connectivity index (χ3n) is 2.66. The molecule has 2 rings (SSSR count). The number of aromatic nitrogens is 2. The standard InChI is InChI=1S/C10H14BrN3O/c1-15-8-3-2-4-14(6-8)10-9(11)5-12-7-13-10/h5,7-8H,2-4,6H2,1H3. The van der Waals surface area contributed by atoms with Crippen molar-refractivity contribution in [1.82, 2.24) is 9.97 Å². The minimum Gasteiger partial charge on any atom is -0.380 e. The number of ether oxygens (including phenoxy) is 1.